The number of benzene rings is 1. The van der Waals surface area contributed by atoms with Crippen LogP contribution in [0.5, 0.6) is 0 Å². The van der Waals surface area contributed by atoms with E-state index in [1.807, 2.05) is 19.1 Å². The van der Waals surface area contributed by atoms with Crippen LogP contribution in [-0.4, -0.2) is 70.1 Å². The summed E-state index contributed by atoms with van der Waals surface area (Å²) in [4.78, 5) is 30.1. The Morgan fingerprint density at radius 1 is 1.05 bits per heavy atom. The van der Waals surface area contributed by atoms with Crippen LogP contribution in [0, 0.1) is 31.1 Å². The molecule has 5 rings (SSSR count). The average molecular weight is 535 g/mol. The summed E-state index contributed by atoms with van der Waals surface area (Å²) in [6.07, 6.45) is 5.88. The number of likely N-dealkylation sites (N-methyl/N-ethyl adjacent to an activating group) is 1. The number of anilines is 1. The Balaban J connectivity index is 1.40. The maximum atomic E-state index is 13.8. The van der Waals surface area contributed by atoms with E-state index >= 15 is 0 Å². The van der Waals surface area contributed by atoms with Gasteiger partial charge in [0.25, 0.3) is 0 Å². The maximum Gasteiger partial charge on any atom is 0.236 e. The minimum absolute atomic E-state index is 0.00691. The summed E-state index contributed by atoms with van der Waals surface area (Å²) >= 11 is 0. The number of carbonyl (C=O) groups excluding carboxylic acids is 2. The monoisotopic (exact) mass is 534 g/mol. The highest BCUT2D eigenvalue weighted by atomic mass is 16.2. The van der Waals surface area contributed by atoms with Gasteiger partial charge in [0.2, 0.25) is 11.8 Å². The quantitative estimate of drug-likeness (QED) is 0.521. The zero-order chi connectivity index (χ0) is 28.1. The molecule has 0 radical (unpaired) electrons. The van der Waals surface area contributed by atoms with E-state index in [2.05, 4.69) is 48.5 Å². The van der Waals surface area contributed by atoms with E-state index in [4.69, 9.17) is 10.2 Å². The first-order valence-corrected chi connectivity index (χ1v) is 14.6. The molecule has 1 aromatic heterocycles. The van der Waals surface area contributed by atoms with Crippen LogP contribution in [0.25, 0.3) is 0 Å². The molecule has 0 bridgehead atoms. The van der Waals surface area contributed by atoms with Gasteiger partial charge in [-0.15, -0.1) is 10.2 Å². The van der Waals surface area contributed by atoms with Gasteiger partial charge in [-0.25, -0.2) is 0 Å². The largest absolute Gasteiger partial charge is 0.348 e. The summed E-state index contributed by atoms with van der Waals surface area (Å²) in [5.41, 5.74) is 3.41. The van der Waals surface area contributed by atoms with Gasteiger partial charge in [0.1, 0.15) is 11.6 Å². The normalized spacial score (nSPS) is 25.4. The molecule has 1 N–H and O–H groups in total. The number of nitrogens with one attached hydrogen (secondary N) is 1. The molecular formula is C31H46N6O2. The Kier molecular flexibility index (Phi) is 7.61. The fraction of sp³-hybridized carbons (Fsp3) is 0.677. The van der Waals surface area contributed by atoms with E-state index in [0.717, 1.165) is 41.7 Å². The molecule has 3 fully saturated rings. The molecule has 2 atom stereocenters. The number of rotatable bonds is 8. The molecule has 3 aliphatic rings. The first-order valence-electron chi connectivity index (χ1n) is 14.6. The third-order valence-electron chi connectivity index (χ3n) is 8.72. The van der Waals surface area contributed by atoms with Crippen LogP contribution in [0.1, 0.15) is 93.5 Å². The van der Waals surface area contributed by atoms with Gasteiger partial charge in [0.15, 0.2) is 0 Å². The molecule has 2 heterocycles. The van der Waals surface area contributed by atoms with Gasteiger partial charge >= 0.3 is 0 Å². The maximum absolute atomic E-state index is 13.8. The van der Waals surface area contributed by atoms with Crippen LogP contribution in [0.15, 0.2) is 18.2 Å². The number of likely N-dealkylation sites (tertiary alicyclic amines) is 1. The number of hydrogen-bond donors (Lipinski definition) is 1. The van der Waals surface area contributed by atoms with Crippen molar-refractivity contribution in [3.8, 4) is 0 Å². The molecule has 39 heavy (non-hydrogen) atoms. The predicted octanol–water partition coefficient (Wildman–Crippen LogP) is 4.90. The Hall–Kier alpha value is -2.74. The molecule has 212 valence electrons. The van der Waals surface area contributed by atoms with Crippen molar-refractivity contribution in [3.63, 3.8) is 0 Å². The van der Waals surface area contributed by atoms with E-state index in [1.165, 1.54) is 24.8 Å². The molecule has 2 aromatic rings. The van der Waals surface area contributed by atoms with Crippen LogP contribution >= 0.6 is 0 Å². The summed E-state index contributed by atoms with van der Waals surface area (Å²) in [6.45, 7) is 12.5. The first-order chi connectivity index (χ1) is 18.4. The minimum Gasteiger partial charge on any atom is -0.348 e. The van der Waals surface area contributed by atoms with E-state index in [-0.39, 0.29) is 23.7 Å². The van der Waals surface area contributed by atoms with Crippen molar-refractivity contribution in [2.75, 3.05) is 39.0 Å². The summed E-state index contributed by atoms with van der Waals surface area (Å²) in [6, 6.07) is 6.53. The Bertz CT molecular complexity index is 1220. The predicted molar refractivity (Wildman–Crippen MR) is 154 cm³/mol. The topological polar surface area (TPSA) is 83.4 Å². The zero-order valence-electron chi connectivity index (χ0n) is 24.8. The fourth-order valence-electron chi connectivity index (χ4n) is 6.59. The second kappa shape index (κ2) is 10.7. The molecule has 8 heteroatoms. The van der Waals surface area contributed by atoms with Crippen molar-refractivity contribution >= 4 is 17.5 Å². The molecule has 2 aliphatic carbocycles. The van der Waals surface area contributed by atoms with E-state index in [9.17, 15) is 9.59 Å². The molecule has 2 saturated carbocycles. The standard InChI is InChI=1S/C31H46N6O2/c1-19-8-11-26(20(2)12-19)32-30(39)25-17-36(18-27(38)35(6)7)16-24(25)29-34-33-28(37(29)23-9-10-23)22-13-21(14-22)15-31(3,4)5/h8,11-12,21-25H,9-10,13-18H2,1-7H3,(H,32,39)/t21-,22+,24-,25-/m0/s1. The molecule has 0 spiro atoms. The smallest absolute Gasteiger partial charge is 0.236 e. The highest BCUT2D eigenvalue weighted by molar-refractivity contribution is 5.94. The first kappa shape index (κ1) is 27.8. The molecule has 1 saturated heterocycles. The summed E-state index contributed by atoms with van der Waals surface area (Å²) in [7, 11) is 3.56. The van der Waals surface area contributed by atoms with E-state index in [1.54, 1.807) is 19.0 Å². The highest BCUT2D eigenvalue weighted by Crippen LogP contribution is 2.49. The number of aryl methyl sites for hydroxylation is 2. The number of hydrogen-bond acceptors (Lipinski definition) is 5. The average Bonchev–Trinajstić information content (AvgIpc) is 3.43. The van der Waals surface area contributed by atoms with Crippen molar-refractivity contribution in [1.29, 1.82) is 0 Å². The Morgan fingerprint density at radius 3 is 2.36 bits per heavy atom. The molecule has 8 nitrogen and oxygen atoms in total. The van der Waals surface area contributed by atoms with Crippen molar-refractivity contribution in [2.24, 2.45) is 17.3 Å². The summed E-state index contributed by atoms with van der Waals surface area (Å²) in [5, 5.41) is 12.8. The third-order valence-corrected chi connectivity index (χ3v) is 8.72. The minimum atomic E-state index is -0.301. The second-order valence-corrected chi connectivity index (χ2v) is 13.8. The number of nitrogens with zero attached hydrogens (tertiary/aromatic N) is 5. The van der Waals surface area contributed by atoms with Crippen LogP contribution in [0.4, 0.5) is 5.69 Å². The lowest BCUT2D eigenvalue weighted by molar-refractivity contribution is -0.130. The molecule has 1 aromatic carbocycles. The zero-order valence-corrected chi connectivity index (χ0v) is 24.8. The van der Waals surface area contributed by atoms with Gasteiger partial charge < -0.3 is 14.8 Å². The van der Waals surface area contributed by atoms with Gasteiger partial charge in [-0.3, -0.25) is 14.5 Å². The van der Waals surface area contributed by atoms with Gasteiger partial charge in [-0.1, -0.05) is 38.5 Å². The van der Waals surface area contributed by atoms with Gasteiger partial charge in [-0.05, 0) is 68.9 Å². The lowest BCUT2D eigenvalue weighted by Gasteiger charge is -2.38. The lowest BCUT2D eigenvalue weighted by atomic mass is 9.68. The number of amides is 2. The fourth-order valence-corrected chi connectivity index (χ4v) is 6.59. The number of carbonyl (C=O) groups is 2. The van der Waals surface area contributed by atoms with E-state index < -0.39 is 0 Å². The molecule has 0 unspecified atom stereocenters. The van der Waals surface area contributed by atoms with Crippen molar-refractivity contribution in [3.05, 3.63) is 41.0 Å². The van der Waals surface area contributed by atoms with Crippen LogP contribution in [0.3, 0.4) is 0 Å². The molecule has 2 amide bonds. The molecule has 1 aliphatic heterocycles. The number of aromatic nitrogens is 3. The van der Waals surface area contributed by atoms with Gasteiger partial charge in [0, 0.05) is 50.7 Å². The van der Waals surface area contributed by atoms with Crippen LogP contribution in [-0.2, 0) is 9.59 Å². The third kappa shape index (κ3) is 6.21. The van der Waals surface area contributed by atoms with E-state index in [0.29, 0.717) is 37.0 Å². The summed E-state index contributed by atoms with van der Waals surface area (Å²) in [5.74, 6) is 2.90. The van der Waals surface area contributed by atoms with Crippen molar-refractivity contribution < 1.29 is 9.59 Å². The molecular weight excluding hydrogens is 488 g/mol. The van der Waals surface area contributed by atoms with Gasteiger partial charge in [-0.2, -0.15) is 0 Å². The summed E-state index contributed by atoms with van der Waals surface area (Å²) < 4.78 is 2.40. The SMILES string of the molecule is Cc1ccc(NC(=O)[C@H]2CN(CC(=O)N(C)C)C[C@@H]2c2nnc([C@H]3C[C@@H](CC(C)(C)C)C3)n2C2CC2)c(C)c1. The second-order valence-electron chi connectivity index (χ2n) is 13.8. The van der Waals surface area contributed by atoms with Gasteiger partial charge in [0.05, 0.1) is 12.5 Å². The van der Waals surface area contributed by atoms with Crippen LogP contribution < -0.4 is 5.32 Å². The Labute approximate surface area is 233 Å². The highest BCUT2D eigenvalue weighted by Gasteiger charge is 2.46. The van der Waals surface area contributed by atoms with Crippen LogP contribution in [0.2, 0.25) is 0 Å². The Morgan fingerprint density at radius 2 is 1.74 bits per heavy atom. The van der Waals surface area contributed by atoms with Crippen molar-refractivity contribution in [2.45, 2.75) is 84.6 Å². The van der Waals surface area contributed by atoms with Crippen molar-refractivity contribution in [1.82, 2.24) is 24.6 Å². The lowest BCUT2D eigenvalue weighted by Crippen LogP contribution is -2.36.